The van der Waals surface area contributed by atoms with Crippen LogP contribution in [0.5, 0.6) is 0 Å². The van der Waals surface area contributed by atoms with E-state index >= 15 is 0 Å². The molecular weight excluding hydrogens is 356 g/mol. The first-order chi connectivity index (χ1) is 13.0. The van der Waals surface area contributed by atoms with Crippen LogP contribution in [0.25, 0.3) is 0 Å². The molecule has 0 fully saturated rings. The number of hydrogen-bond acceptors (Lipinski definition) is 4. The Labute approximate surface area is 153 Å². The Balaban J connectivity index is 1.78. The number of halogens is 2. The van der Waals surface area contributed by atoms with E-state index in [1.54, 1.807) is 0 Å². The lowest BCUT2D eigenvalue weighted by Gasteiger charge is -2.18. The molecule has 0 unspecified atom stereocenters. The zero-order valence-corrected chi connectivity index (χ0v) is 14.0. The molecule has 0 aliphatic heterocycles. The van der Waals surface area contributed by atoms with Crippen LogP contribution in [0.4, 0.5) is 8.78 Å². The number of benzene rings is 2. The van der Waals surface area contributed by atoms with Gasteiger partial charge in [-0.1, -0.05) is 30.3 Å². The molecule has 0 saturated carbocycles. The average Bonchev–Trinajstić information content (AvgIpc) is 3.21. The van der Waals surface area contributed by atoms with E-state index in [1.807, 2.05) is 0 Å². The molecule has 7 heteroatoms. The van der Waals surface area contributed by atoms with Crippen molar-refractivity contribution in [3.05, 3.63) is 95.4 Å². The van der Waals surface area contributed by atoms with E-state index < -0.39 is 29.6 Å². The number of esters is 1. The van der Waals surface area contributed by atoms with Gasteiger partial charge in [0.1, 0.15) is 11.6 Å². The summed E-state index contributed by atoms with van der Waals surface area (Å²) in [5.41, 5.74) is 0.545. The summed E-state index contributed by atoms with van der Waals surface area (Å²) in [6.45, 7) is 0.0579. The van der Waals surface area contributed by atoms with Gasteiger partial charge in [0.25, 0.3) is 5.91 Å². The van der Waals surface area contributed by atoms with Gasteiger partial charge in [-0.05, 0) is 35.9 Å². The lowest BCUT2D eigenvalue weighted by atomic mass is 10.1. The molecule has 0 aliphatic carbocycles. The first kappa shape index (κ1) is 18.3. The fourth-order valence-corrected chi connectivity index (χ4v) is 2.39. The minimum atomic E-state index is -1.51. The third-order valence-corrected chi connectivity index (χ3v) is 3.75. The summed E-state index contributed by atoms with van der Waals surface area (Å²) in [6.07, 6.45) is -0.229. The van der Waals surface area contributed by atoms with Crippen molar-refractivity contribution >= 4 is 11.9 Å². The predicted octanol–water partition coefficient (Wildman–Crippen LogP) is 3.77. The molecule has 3 aromatic rings. The van der Waals surface area contributed by atoms with Crippen molar-refractivity contribution in [3.63, 3.8) is 0 Å². The highest BCUT2D eigenvalue weighted by molar-refractivity contribution is 5.90. The molecule has 3 rings (SSSR count). The lowest BCUT2D eigenvalue weighted by molar-refractivity contribution is -0.130. The van der Waals surface area contributed by atoms with E-state index in [0.717, 1.165) is 6.07 Å². The van der Waals surface area contributed by atoms with Crippen LogP contribution in [-0.4, -0.2) is 11.9 Å². The Hall–Kier alpha value is -3.48. The largest absolute Gasteiger partial charge is 0.457 e. The van der Waals surface area contributed by atoms with E-state index in [9.17, 15) is 18.4 Å². The minimum Gasteiger partial charge on any atom is -0.457 e. The smallest absolute Gasteiger partial charge is 0.375 e. The van der Waals surface area contributed by atoms with Crippen LogP contribution in [-0.2, 0) is 16.1 Å². The predicted molar refractivity (Wildman–Crippen MR) is 91.5 cm³/mol. The van der Waals surface area contributed by atoms with Crippen molar-refractivity contribution in [1.82, 2.24) is 5.32 Å². The van der Waals surface area contributed by atoms with Crippen LogP contribution in [0.2, 0.25) is 0 Å². The van der Waals surface area contributed by atoms with Crippen molar-refractivity contribution in [3.8, 4) is 0 Å². The molecule has 5 nitrogen and oxygen atoms in total. The van der Waals surface area contributed by atoms with Gasteiger partial charge >= 0.3 is 5.97 Å². The molecule has 0 bridgehead atoms. The number of rotatable bonds is 6. The first-order valence-electron chi connectivity index (χ1n) is 8.05. The summed E-state index contributed by atoms with van der Waals surface area (Å²) in [4.78, 5) is 24.7. The molecule has 138 valence electrons. The van der Waals surface area contributed by atoms with E-state index in [2.05, 4.69) is 5.32 Å². The first-order valence-corrected chi connectivity index (χ1v) is 8.05. The standard InChI is InChI=1S/C20H15F2NO4/c21-14-9-7-13(8-10-14)12-23-19(24)18(15-4-1-2-5-16(15)22)27-20(25)17-6-3-11-26-17/h1-11,18H,12H2,(H,23,24)/t18-/m0/s1. The van der Waals surface area contributed by atoms with E-state index in [1.165, 1.54) is 60.9 Å². The highest BCUT2D eigenvalue weighted by Crippen LogP contribution is 2.23. The Morgan fingerprint density at radius 2 is 1.74 bits per heavy atom. The van der Waals surface area contributed by atoms with Gasteiger partial charge < -0.3 is 14.5 Å². The van der Waals surface area contributed by atoms with Gasteiger partial charge in [0, 0.05) is 12.1 Å². The molecule has 27 heavy (non-hydrogen) atoms. The quantitative estimate of drug-likeness (QED) is 0.670. The maximum Gasteiger partial charge on any atom is 0.375 e. The Bertz CT molecular complexity index is 923. The maximum absolute atomic E-state index is 14.2. The molecule has 1 heterocycles. The molecule has 0 saturated heterocycles. The third kappa shape index (κ3) is 4.58. The summed E-state index contributed by atoms with van der Waals surface area (Å²) < 4.78 is 37.3. The van der Waals surface area contributed by atoms with Gasteiger partial charge in [-0.3, -0.25) is 4.79 Å². The highest BCUT2D eigenvalue weighted by atomic mass is 19.1. The van der Waals surface area contributed by atoms with Crippen molar-refractivity contribution in [1.29, 1.82) is 0 Å². The van der Waals surface area contributed by atoms with Crippen LogP contribution < -0.4 is 5.32 Å². The number of carbonyl (C=O) groups is 2. The molecule has 1 aromatic heterocycles. The third-order valence-electron chi connectivity index (χ3n) is 3.75. The number of furan rings is 1. The minimum absolute atomic E-state index is 0.0579. The SMILES string of the molecule is O=C(O[C@H](C(=O)NCc1ccc(F)cc1)c1ccccc1F)c1ccco1. The molecular formula is C20H15F2NO4. The zero-order valence-electron chi connectivity index (χ0n) is 14.0. The average molecular weight is 371 g/mol. The van der Waals surface area contributed by atoms with Crippen LogP contribution in [0.1, 0.15) is 27.8 Å². The second-order valence-electron chi connectivity index (χ2n) is 5.63. The second kappa shape index (κ2) is 8.27. The number of ether oxygens (including phenoxy) is 1. The fourth-order valence-electron chi connectivity index (χ4n) is 2.39. The number of carbonyl (C=O) groups excluding carboxylic acids is 2. The van der Waals surface area contributed by atoms with E-state index in [4.69, 9.17) is 9.15 Å². The summed E-state index contributed by atoms with van der Waals surface area (Å²) in [7, 11) is 0. The summed E-state index contributed by atoms with van der Waals surface area (Å²) in [6, 6.07) is 13.9. The van der Waals surface area contributed by atoms with Gasteiger partial charge in [0.15, 0.2) is 0 Å². The lowest BCUT2D eigenvalue weighted by Crippen LogP contribution is -2.32. The van der Waals surface area contributed by atoms with Crippen LogP contribution in [0, 0.1) is 11.6 Å². The zero-order chi connectivity index (χ0) is 19.2. The van der Waals surface area contributed by atoms with Crippen molar-refractivity contribution in [2.24, 2.45) is 0 Å². The van der Waals surface area contributed by atoms with E-state index in [0.29, 0.717) is 5.56 Å². The maximum atomic E-state index is 14.2. The van der Waals surface area contributed by atoms with Crippen molar-refractivity contribution in [2.75, 3.05) is 0 Å². The van der Waals surface area contributed by atoms with Gasteiger partial charge in [-0.25, -0.2) is 13.6 Å². The molecule has 0 aliphatic rings. The molecule has 1 N–H and O–H groups in total. The van der Waals surface area contributed by atoms with Crippen LogP contribution >= 0.6 is 0 Å². The molecule has 1 amide bonds. The van der Waals surface area contributed by atoms with Gasteiger partial charge in [-0.15, -0.1) is 0 Å². The normalized spacial score (nSPS) is 11.6. The van der Waals surface area contributed by atoms with Crippen LogP contribution in [0.3, 0.4) is 0 Å². The van der Waals surface area contributed by atoms with Gasteiger partial charge in [-0.2, -0.15) is 0 Å². The van der Waals surface area contributed by atoms with Gasteiger partial charge in [0.05, 0.1) is 6.26 Å². The monoisotopic (exact) mass is 371 g/mol. The topological polar surface area (TPSA) is 68.5 Å². The number of amides is 1. The number of nitrogens with one attached hydrogen (secondary N) is 1. The van der Waals surface area contributed by atoms with Crippen molar-refractivity contribution < 1.29 is 27.5 Å². The molecule has 0 spiro atoms. The molecule has 2 aromatic carbocycles. The Morgan fingerprint density at radius 3 is 2.41 bits per heavy atom. The molecule has 1 atom stereocenters. The molecule has 0 radical (unpaired) electrons. The van der Waals surface area contributed by atoms with Crippen LogP contribution in [0.15, 0.2) is 71.3 Å². The summed E-state index contributed by atoms with van der Waals surface area (Å²) >= 11 is 0. The fraction of sp³-hybridized carbons (Fsp3) is 0.100. The van der Waals surface area contributed by atoms with Gasteiger partial charge in [0.2, 0.25) is 11.9 Å². The summed E-state index contributed by atoms with van der Waals surface area (Å²) in [5, 5.41) is 2.56. The Kier molecular flexibility index (Phi) is 5.61. The van der Waals surface area contributed by atoms with Crippen molar-refractivity contribution in [2.45, 2.75) is 12.6 Å². The second-order valence-corrected chi connectivity index (χ2v) is 5.63. The highest BCUT2D eigenvalue weighted by Gasteiger charge is 2.28. The summed E-state index contributed by atoms with van der Waals surface area (Å²) in [5.74, 6) is -2.81. The Morgan fingerprint density at radius 1 is 1.00 bits per heavy atom. The number of hydrogen-bond donors (Lipinski definition) is 1. The van der Waals surface area contributed by atoms with E-state index in [-0.39, 0.29) is 17.9 Å².